The maximum atomic E-state index is 15.2. The summed E-state index contributed by atoms with van der Waals surface area (Å²) >= 11 is 0. The second-order valence-electron chi connectivity index (χ2n) is 23.2. The van der Waals surface area contributed by atoms with E-state index in [4.69, 9.17) is 47.4 Å². The molecular weight excluding hydrogens is 957 g/mol. The van der Waals surface area contributed by atoms with Crippen LogP contribution in [0, 0.1) is 46.3 Å². The molecule has 1 spiro atoms. The highest BCUT2D eigenvalue weighted by atomic mass is 16.8. The molecule has 6 aliphatic heterocycles. The van der Waals surface area contributed by atoms with Crippen molar-refractivity contribution in [2.24, 2.45) is 46.3 Å². The topological polar surface area (TPSA) is 352 Å². The quantitative estimate of drug-likeness (QED) is 0.105. The molecule has 12 N–H and O–H groups in total. The predicted octanol–water partition coefficient (Wildman–Crippen LogP) is -3.56. The van der Waals surface area contributed by atoms with Gasteiger partial charge in [0.2, 0.25) is 5.79 Å². The first kappa shape index (κ1) is 53.9. The lowest BCUT2D eigenvalue weighted by molar-refractivity contribution is -0.382. The molecule has 9 fully saturated rings. The van der Waals surface area contributed by atoms with Crippen LogP contribution in [-0.2, 0) is 52.2 Å². The molecule has 0 radical (unpaired) electrons. The largest absolute Gasteiger partial charge is 0.393 e. The number of ketones is 1. The standard InChI is InChI=1S/C49H76O23/c1-16-13-65-49(42(62)38(16)69-44-36(60)33(57)29(53)18(3)66-44)17(2)27-40(72-49)32(56)28-22-8-7-20-11-21(50)12-26(48(20,6)23(22)9-10-47(27,28)5)68-46-41(71-45-37(61)34(58)30(54)19(4)67-45)39(25(52)15-64-46)70-43-35(59)31(55)24(51)14-63-43/h7,16-19,21-31,33-46,50-55,57-62H,8-15H2,1-6H3/t16-,17-,18+,19-,21+,22+,23-,24+,25-,26+,27-,28+,29-,30-,31-,33+,34+,35+,36+,37+,38-,39-,40+,41+,42-,43-,44-,45-,46-,47+,48-,49-/m0/s1. The molecule has 6 saturated heterocycles. The number of Topliss-reactive ketones (excluding diaryl/α,β-unsaturated/α-hetero) is 1. The number of hydrogen-bond acceptors (Lipinski definition) is 23. The highest BCUT2D eigenvalue weighted by molar-refractivity contribution is 5.90. The Morgan fingerprint density at radius 2 is 1.22 bits per heavy atom. The number of fused-ring (bicyclic) bond motifs is 7. The van der Waals surface area contributed by atoms with Crippen LogP contribution in [0.25, 0.3) is 0 Å². The van der Waals surface area contributed by atoms with Gasteiger partial charge in [-0.2, -0.15) is 0 Å². The number of ether oxygens (including phenoxy) is 10. The van der Waals surface area contributed by atoms with E-state index < -0.39 is 189 Å². The first-order valence-corrected chi connectivity index (χ1v) is 25.8. The summed E-state index contributed by atoms with van der Waals surface area (Å²) in [7, 11) is 0. The summed E-state index contributed by atoms with van der Waals surface area (Å²) in [6.07, 6.45) is -27.7. The Morgan fingerprint density at radius 3 is 1.88 bits per heavy atom. The van der Waals surface area contributed by atoms with Crippen molar-refractivity contribution < 1.29 is 113 Å². The number of carbonyl (C=O) groups is 1. The van der Waals surface area contributed by atoms with E-state index in [1.54, 1.807) is 6.92 Å². The van der Waals surface area contributed by atoms with Gasteiger partial charge in [-0.15, -0.1) is 0 Å². The molecule has 0 aromatic carbocycles. The number of aliphatic hydroxyl groups is 12. The summed E-state index contributed by atoms with van der Waals surface area (Å²) < 4.78 is 62.1. The molecule has 4 aliphatic carbocycles. The normalized spacial score (nSPS) is 58.8. The third-order valence-electron chi connectivity index (χ3n) is 19.0. The Balaban J connectivity index is 0.910. The van der Waals surface area contributed by atoms with Crippen LogP contribution in [0.2, 0.25) is 0 Å². The minimum absolute atomic E-state index is 0.0811. The predicted molar refractivity (Wildman–Crippen MR) is 238 cm³/mol. The minimum atomic E-state index is -1.81. The van der Waals surface area contributed by atoms with Gasteiger partial charge in [0.1, 0.15) is 85.5 Å². The van der Waals surface area contributed by atoms with Gasteiger partial charge in [0.05, 0.1) is 50.3 Å². The SMILES string of the molecule is C[C@@H]1O[C@@H](O[C@H]2[C@H](O[C@@H]3C[C@H](O)CC4=CC[C@H]5[C@@H]6C(=O)[C@@H]7O[C@@]8(OC[C@H](C)[C@H](O[C@@H]9O[C@H](C)[C@H](O)[C@@H](O)[C@H]9O)[C@@H]8O)[C@@H](C)[C@@H]7[C@@]6(C)CC[C@@H]5[C@]43C)OC[C@H](O)[C@@H]2O[C@@H]2OC[C@@H](O)[C@H](O)[C@H]2O)[C@H](O)[C@H](O)[C@H]1O. The molecule has 10 rings (SSSR count). The molecule has 0 aromatic heterocycles. The van der Waals surface area contributed by atoms with Gasteiger partial charge < -0.3 is 109 Å². The minimum Gasteiger partial charge on any atom is -0.393 e. The van der Waals surface area contributed by atoms with Crippen LogP contribution in [0.4, 0.5) is 0 Å². The van der Waals surface area contributed by atoms with Gasteiger partial charge in [-0.25, -0.2) is 0 Å². The van der Waals surface area contributed by atoms with E-state index in [9.17, 15) is 61.3 Å². The van der Waals surface area contributed by atoms with Gasteiger partial charge in [-0.05, 0) is 56.8 Å². The average Bonchev–Trinajstić information content (AvgIpc) is 3.77. The maximum Gasteiger partial charge on any atom is 0.200 e. The molecule has 23 nitrogen and oxygen atoms in total. The van der Waals surface area contributed by atoms with Gasteiger partial charge >= 0.3 is 0 Å². The lowest BCUT2D eigenvalue weighted by Crippen LogP contribution is -2.65. The van der Waals surface area contributed by atoms with E-state index in [0.717, 1.165) is 5.57 Å². The van der Waals surface area contributed by atoms with Crippen molar-refractivity contribution in [3.63, 3.8) is 0 Å². The summed E-state index contributed by atoms with van der Waals surface area (Å²) in [5.74, 6) is -4.04. The highest BCUT2D eigenvalue weighted by Gasteiger charge is 2.75. The van der Waals surface area contributed by atoms with Crippen molar-refractivity contribution in [2.75, 3.05) is 19.8 Å². The molecule has 32 atom stereocenters. The molecule has 0 amide bonds. The fourth-order valence-electron chi connectivity index (χ4n) is 14.9. The second kappa shape index (κ2) is 19.8. The lowest BCUT2D eigenvalue weighted by atomic mass is 9.46. The van der Waals surface area contributed by atoms with Gasteiger partial charge in [0.15, 0.2) is 30.9 Å². The van der Waals surface area contributed by atoms with Crippen molar-refractivity contribution >= 4 is 5.78 Å². The van der Waals surface area contributed by atoms with Crippen LogP contribution < -0.4 is 0 Å². The van der Waals surface area contributed by atoms with E-state index in [1.807, 2.05) is 6.92 Å². The van der Waals surface area contributed by atoms with Crippen molar-refractivity contribution in [3.05, 3.63) is 11.6 Å². The number of carbonyl (C=O) groups excluding carboxylic acids is 1. The van der Waals surface area contributed by atoms with Crippen LogP contribution >= 0.6 is 0 Å². The molecule has 0 aromatic rings. The van der Waals surface area contributed by atoms with E-state index in [2.05, 4.69) is 19.9 Å². The van der Waals surface area contributed by atoms with Crippen molar-refractivity contribution in [1.29, 1.82) is 0 Å². The zero-order chi connectivity index (χ0) is 51.8. The van der Waals surface area contributed by atoms with Crippen molar-refractivity contribution in [2.45, 2.75) is 221 Å². The van der Waals surface area contributed by atoms with Crippen molar-refractivity contribution in [1.82, 2.24) is 0 Å². The smallest absolute Gasteiger partial charge is 0.200 e. The Bertz CT molecular complexity index is 2000. The first-order valence-electron chi connectivity index (χ1n) is 25.8. The Labute approximate surface area is 416 Å². The summed E-state index contributed by atoms with van der Waals surface area (Å²) in [6, 6.07) is 0. The molecule has 0 bridgehead atoms. The lowest BCUT2D eigenvalue weighted by Gasteiger charge is -2.60. The average molecular weight is 1030 g/mol. The Morgan fingerprint density at radius 1 is 0.639 bits per heavy atom. The zero-order valence-corrected chi connectivity index (χ0v) is 41.3. The van der Waals surface area contributed by atoms with Crippen LogP contribution in [-0.4, -0.2) is 234 Å². The summed E-state index contributed by atoms with van der Waals surface area (Å²) in [6.45, 7) is 10.1. The highest BCUT2D eigenvalue weighted by Crippen LogP contribution is 2.70. The monoisotopic (exact) mass is 1030 g/mol. The number of allylic oxidation sites excluding steroid dienone is 1. The third kappa shape index (κ3) is 8.43. The first-order chi connectivity index (χ1) is 33.9. The van der Waals surface area contributed by atoms with Crippen LogP contribution in [0.1, 0.15) is 73.6 Å². The third-order valence-corrected chi connectivity index (χ3v) is 19.0. The fraction of sp³-hybridized carbons (Fsp3) is 0.939. The van der Waals surface area contributed by atoms with Gasteiger partial charge in [-0.3, -0.25) is 4.79 Å². The molecule has 0 unspecified atom stereocenters. The Kier molecular flexibility index (Phi) is 14.8. The molecule has 410 valence electrons. The molecular formula is C49H76O23. The van der Waals surface area contributed by atoms with Gasteiger partial charge in [-0.1, -0.05) is 39.3 Å². The van der Waals surface area contributed by atoms with E-state index in [0.29, 0.717) is 25.7 Å². The van der Waals surface area contributed by atoms with Crippen LogP contribution in [0.5, 0.6) is 0 Å². The molecule has 3 saturated carbocycles. The molecule has 6 heterocycles. The number of aliphatic hydroxyl groups excluding tert-OH is 12. The summed E-state index contributed by atoms with van der Waals surface area (Å²) in [5, 5.41) is 131. The molecule has 23 heteroatoms. The van der Waals surface area contributed by atoms with E-state index in [-0.39, 0.29) is 36.6 Å². The van der Waals surface area contributed by atoms with Crippen LogP contribution in [0.3, 0.4) is 0 Å². The molecule has 72 heavy (non-hydrogen) atoms. The zero-order valence-electron chi connectivity index (χ0n) is 41.3. The van der Waals surface area contributed by atoms with Crippen molar-refractivity contribution in [3.8, 4) is 0 Å². The second-order valence-corrected chi connectivity index (χ2v) is 23.2. The van der Waals surface area contributed by atoms with E-state index >= 15 is 4.79 Å². The van der Waals surface area contributed by atoms with Gasteiger partial charge in [0.25, 0.3) is 0 Å². The number of rotatable bonds is 8. The fourth-order valence-corrected chi connectivity index (χ4v) is 14.9. The maximum absolute atomic E-state index is 15.2. The Hall–Kier alpha value is -1.47. The number of hydrogen-bond donors (Lipinski definition) is 12. The van der Waals surface area contributed by atoms with Crippen LogP contribution in [0.15, 0.2) is 11.6 Å². The molecule has 10 aliphatic rings. The summed E-state index contributed by atoms with van der Waals surface area (Å²) in [4.78, 5) is 15.2. The van der Waals surface area contributed by atoms with Gasteiger partial charge in [0, 0.05) is 35.5 Å². The van der Waals surface area contributed by atoms with E-state index in [1.165, 1.54) is 13.8 Å². The summed E-state index contributed by atoms with van der Waals surface area (Å²) in [5.41, 5.74) is -0.530.